The highest BCUT2D eigenvalue weighted by Crippen LogP contribution is 2.26. The van der Waals surface area contributed by atoms with Gasteiger partial charge in [-0.2, -0.15) is 0 Å². The number of hydrogen-bond acceptors (Lipinski definition) is 8. The molecule has 4 heterocycles. The molecule has 1 aliphatic rings. The average Bonchev–Trinajstić information content (AvgIpc) is 3.17. The number of ether oxygens (including phenoxy) is 1. The van der Waals surface area contributed by atoms with Crippen molar-refractivity contribution in [1.82, 2.24) is 30.2 Å². The van der Waals surface area contributed by atoms with Gasteiger partial charge in [-0.15, -0.1) is 0 Å². The topological polar surface area (TPSA) is 145 Å². The smallest absolute Gasteiger partial charge is 0.411 e. The Labute approximate surface area is 202 Å². The number of nitrogens with zero attached hydrogens (tertiary/aromatic N) is 4. The van der Waals surface area contributed by atoms with Gasteiger partial charge in [-0.25, -0.2) is 4.79 Å². The van der Waals surface area contributed by atoms with Crippen LogP contribution in [0.3, 0.4) is 0 Å². The van der Waals surface area contributed by atoms with Crippen molar-refractivity contribution in [3.63, 3.8) is 0 Å². The van der Waals surface area contributed by atoms with Gasteiger partial charge in [0.15, 0.2) is 0 Å². The molecule has 0 radical (unpaired) electrons. The van der Waals surface area contributed by atoms with Gasteiger partial charge in [0.2, 0.25) is 5.78 Å². The zero-order valence-corrected chi connectivity index (χ0v) is 20.1. The second-order valence-electron chi connectivity index (χ2n) is 9.39. The summed E-state index contributed by atoms with van der Waals surface area (Å²) in [4.78, 5) is 36.7. The predicted octanol–water partition coefficient (Wildman–Crippen LogP) is 2.33. The van der Waals surface area contributed by atoms with Crippen molar-refractivity contribution in [3.05, 3.63) is 47.9 Å². The number of pyridine rings is 2. The van der Waals surface area contributed by atoms with E-state index < -0.39 is 17.7 Å². The van der Waals surface area contributed by atoms with Gasteiger partial charge in [-0.05, 0) is 45.0 Å². The molecule has 1 unspecified atom stereocenters. The number of piperazine rings is 1. The van der Waals surface area contributed by atoms with Crippen LogP contribution >= 0.6 is 0 Å². The molecule has 1 saturated heterocycles. The van der Waals surface area contributed by atoms with Gasteiger partial charge in [-0.1, -0.05) is 0 Å². The SMILES string of the molecule is Cn1c(C(=O)C2CNCCN2C(=O)OC(C)(C)C)cc2cc(-c3cc(C(=N)NO)ccn3)ncc21. The maximum atomic E-state index is 13.6. The van der Waals surface area contributed by atoms with Crippen LogP contribution in [0.5, 0.6) is 0 Å². The summed E-state index contributed by atoms with van der Waals surface area (Å²) in [6, 6.07) is 6.15. The second kappa shape index (κ2) is 9.43. The summed E-state index contributed by atoms with van der Waals surface area (Å²) in [6.45, 7) is 6.69. The third-order valence-electron chi connectivity index (χ3n) is 5.78. The second-order valence-corrected chi connectivity index (χ2v) is 9.39. The number of hydroxylamine groups is 1. The Morgan fingerprint density at radius 2 is 1.97 bits per heavy atom. The molecular weight excluding hydrogens is 450 g/mol. The number of carbonyl (C=O) groups is 2. The van der Waals surface area contributed by atoms with E-state index in [1.807, 2.05) is 11.5 Å². The van der Waals surface area contributed by atoms with Gasteiger partial charge in [0, 0.05) is 43.8 Å². The average molecular weight is 480 g/mol. The molecule has 11 heteroatoms. The fourth-order valence-electron chi connectivity index (χ4n) is 4.05. The van der Waals surface area contributed by atoms with E-state index in [-0.39, 0.29) is 11.6 Å². The first-order chi connectivity index (χ1) is 16.6. The molecule has 0 aliphatic carbocycles. The normalized spacial score (nSPS) is 16.3. The zero-order chi connectivity index (χ0) is 25.3. The molecule has 0 spiro atoms. The van der Waals surface area contributed by atoms with Crippen molar-refractivity contribution in [2.24, 2.45) is 7.05 Å². The Hall–Kier alpha value is -3.83. The first kappa shape index (κ1) is 24.3. The van der Waals surface area contributed by atoms with E-state index in [0.29, 0.717) is 42.3 Å². The third kappa shape index (κ3) is 5.00. The molecule has 0 saturated carbocycles. The number of ketones is 1. The lowest BCUT2D eigenvalue weighted by Crippen LogP contribution is -2.58. The number of amides is 1. The van der Waals surface area contributed by atoms with Gasteiger partial charge in [-0.3, -0.25) is 35.8 Å². The van der Waals surface area contributed by atoms with Crippen LogP contribution < -0.4 is 10.8 Å². The molecule has 3 aromatic rings. The molecule has 1 fully saturated rings. The molecule has 0 aromatic carbocycles. The fourth-order valence-corrected chi connectivity index (χ4v) is 4.05. The number of rotatable bonds is 4. The number of hydrogen-bond donors (Lipinski definition) is 4. The van der Waals surface area contributed by atoms with E-state index in [1.54, 1.807) is 56.8 Å². The lowest BCUT2D eigenvalue weighted by molar-refractivity contribution is 0.0123. The van der Waals surface area contributed by atoms with E-state index in [9.17, 15) is 9.59 Å². The molecule has 184 valence electrons. The maximum Gasteiger partial charge on any atom is 0.411 e. The van der Waals surface area contributed by atoms with Gasteiger partial charge in [0.05, 0.1) is 28.8 Å². The first-order valence-electron chi connectivity index (χ1n) is 11.2. The Morgan fingerprint density at radius 3 is 2.69 bits per heavy atom. The number of aromatic nitrogens is 3. The van der Waals surface area contributed by atoms with Gasteiger partial charge < -0.3 is 14.6 Å². The van der Waals surface area contributed by atoms with Crippen molar-refractivity contribution in [2.45, 2.75) is 32.4 Å². The van der Waals surface area contributed by atoms with Crippen molar-refractivity contribution in [1.29, 1.82) is 5.41 Å². The van der Waals surface area contributed by atoms with Crippen molar-refractivity contribution < 1.29 is 19.5 Å². The number of amidine groups is 1. The molecule has 35 heavy (non-hydrogen) atoms. The number of Topliss-reactive ketones (excluding diaryl/α,β-unsaturated/α-hetero) is 1. The summed E-state index contributed by atoms with van der Waals surface area (Å²) >= 11 is 0. The highest BCUT2D eigenvalue weighted by molar-refractivity contribution is 6.04. The molecule has 1 atom stereocenters. The summed E-state index contributed by atoms with van der Waals surface area (Å²) in [5, 5.41) is 20.7. The van der Waals surface area contributed by atoms with E-state index in [0.717, 1.165) is 10.9 Å². The Bertz CT molecular complexity index is 1290. The van der Waals surface area contributed by atoms with Crippen molar-refractivity contribution in [2.75, 3.05) is 19.6 Å². The Morgan fingerprint density at radius 1 is 1.23 bits per heavy atom. The quantitative estimate of drug-likeness (QED) is 0.193. The van der Waals surface area contributed by atoms with Crippen LogP contribution in [0.15, 0.2) is 36.7 Å². The molecule has 0 bridgehead atoms. The van der Waals surface area contributed by atoms with Crippen molar-refractivity contribution >= 4 is 28.6 Å². The minimum atomic E-state index is -0.690. The molecular formula is C24H29N7O4. The first-order valence-corrected chi connectivity index (χ1v) is 11.2. The van der Waals surface area contributed by atoms with Crippen LogP contribution in [-0.2, 0) is 11.8 Å². The maximum absolute atomic E-state index is 13.6. The standard InChI is InChI=1S/C24H29N7O4/c1-24(2,3)35-23(33)31-8-7-26-12-20(31)21(32)18-11-15-10-17(28-13-19(15)30(18)4)16-9-14(5-6-27-16)22(25)29-34/h5-6,9-11,13,20,26,34H,7-8,12H2,1-4H3,(H2,25,29). The third-order valence-corrected chi connectivity index (χ3v) is 5.78. The molecule has 11 nitrogen and oxygen atoms in total. The summed E-state index contributed by atoms with van der Waals surface area (Å²) in [7, 11) is 1.79. The van der Waals surface area contributed by atoms with Crippen LogP contribution in [-0.4, -0.2) is 73.6 Å². The molecule has 3 aromatic heterocycles. The summed E-state index contributed by atoms with van der Waals surface area (Å²) in [5.41, 5.74) is 3.91. The van der Waals surface area contributed by atoms with Gasteiger partial charge >= 0.3 is 6.09 Å². The van der Waals surface area contributed by atoms with Gasteiger partial charge in [0.1, 0.15) is 17.5 Å². The minimum Gasteiger partial charge on any atom is -0.444 e. The van der Waals surface area contributed by atoms with Crippen LogP contribution in [0.4, 0.5) is 4.79 Å². The van der Waals surface area contributed by atoms with Crippen molar-refractivity contribution in [3.8, 4) is 11.4 Å². The summed E-state index contributed by atoms with van der Waals surface area (Å²) in [6.07, 6.45) is 2.69. The lowest BCUT2D eigenvalue weighted by Gasteiger charge is -2.36. The van der Waals surface area contributed by atoms with Crippen LogP contribution in [0.25, 0.3) is 22.3 Å². The lowest BCUT2D eigenvalue weighted by atomic mass is 10.1. The van der Waals surface area contributed by atoms with E-state index in [4.69, 9.17) is 15.4 Å². The van der Waals surface area contributed by atoms with E-state index in [1.165, 1.54) is 11.1 Å². The summed E-state index contributed by atoms with van der Waals surface area (Å²) in [5.74, 6) is -0.344. The molecule has 4 rings (SSSR count). The molecule has 4 N–H and O–H groups in total. The largest absolute Gasteiger partial charge is 0.444 e. The number of carbonyl (C=O) groups excluding carboxylic acids is 2. The van der Waals surface area contributed by atoms with Crippen LogP contribution in [0.2, 0.25) is 0 Å². The number of nitrogens with one attached hydrogen (secondary N) is 3. The van der Waals surface area contributed by atoms with E-state index >= 15 is 0 Å². The van der Waals surface area contributed by atoms with E-state index in [2.05, 4.69) is 15.3 Å². The van der Waals surface area contributed by atoms with Crippen LogP contribution in [0, 0.1) is 5.41 Å². The molecule has 1 amide bonds. The highest BCUT2D eigenvalue weighted by Gasteiger charge is 2.36. The molecule has 1 aliphatic heterocycles. The number of aryl methyl sites for hydroxylation is 1. The Kier molecular flexibility index (Phi) is 6.55. The number of fused-ring (bicyclic) bond motifs is 1. The van der Waals surface area contributed by atoms with Crippen LogP contribution in [0.1, 0.15) is 36.8 Å². The monoisotopic (exact) mass is 479 g/mol. The van der Waals surface area contributed by atoms with Gasteiger partial charge in [0.25, 0.3) is 0 Å². The predicted molar refractivity (Wildman–Crippen MR) is 130 cm³/mol. The minimum absolute atomic E-state index is 0.155. The fraction of sp³-hybridized carbons (Fsp3) is 0.375. The zero-order valence-electron chi connectivity index (χ0n) is 20.1. The highest BCUT2D eigenvalue weighted by atomic mass is 16.6. The Balaban J connectivity index is 1.66. The summed E-state index contributed by atoms with van der Waals surface area (Å²) < 4.78 is 7.30.